The van der Waals surface area contributed by atoms with Crippen molar-refractivity contribution in [1.29, 1.82) is 0 Å². The summed E-state index contributed by atoms with van der Waals surface area (Å²) in [5.74, 6) is 0.375. The topological polar surface area (TPSA) is 79.0 Å². The number of nitrogens with zero attached hydrogens (tertiary/aromatic N) is 2. The number of benzene rings is 2. The fourth-order valence-electron chi connectivity index (χ4n) is 3.14. The van der Waals surface area contributed by atoms with E-state index in [0.717, 1.165) is 4.31 Å². The van der Waals surface area contributed by atoms with Gasteiger partial charge in [-0.2, -0.15) is 17.0 Å². The van der Waals surface area contributed by atoms with Crippen molar-refractivity contribution in [3.8, 4) is 11.5 Å². The highest BCUT2D eigenvalue weighted by Gasteiger charge is 2.33. The van der Waals surface area contributed by atoms with Crippen LogP contribution in [0.25, 0.3) is 0 Å². The molecule has 9 heteroatoms. The largest absolute Gasteiger partial charge is 0.455 e. The Morgan fingerprint density at radius 1 is 1.21 bits per heavy atom. The molecular weight excluding hydrogens is 414 g/mol. The zero-order valence-corrected chi connectivity index (χ0v) is 17.9. The Bertz CT molecular complexity index is 967. The van der Waals surface area contributed by atoms with Crippen LogP contribution in [0.4, 0.5) is 5.69 Å². The number of rotatable bonds is 6. The summed E-state index contributed by atoms with van der Waals surface area (Å²) in [6.07, 6.45) is 1.23. The second-order valence-corrected chi connectivity index (χ2v) is 9.61. The summed E-state index contributed by atoms with van der Waals surface area (Å²) in [4.78, 5) is 12.9. The number of piperidine rings is 1. The van der Waals surface area contributed by atoms with E-state index in [-0.39, 0.29) is 12.5 Å². The number of hydrogen-bond donors (Lipinski definition) is 1. The molecule has 1 saturated heterocycles. The van der Waals surface area contributed by atoms with Gasteiger partial charge >= 0.3 is 0 Å². The van der Waals surface area contributed by atoms with Crippen LogP contribution >= 0.6 is 11.6 Å². The van der Waals surface area contributed by atoms with Crippen LogP contribution in [0.15, 0.2) is 48.5 Å². The van der Waals surface area contributed by atoms with Crippen LogP contribution < -0.4 is 10.1 Å². The summed E-state index contributed by atoms with van der Waals surface area (Å²) in [7, 11) is -0.585. The van der Waals surface area contributed by atoms with Crippen LogP contribution in [-0.2, 0) is 15.0 Å². The average molecular weight is 438 g/mol. The number of carbonyl (C=O) groups excluding carboxylic acids is 1. The van der Waals surface area contributed by atoms with Crippen LogP contribution in [-0.4, -0.2) is 50.1 Å². The highest BCUT2D eigenvalue weighted by molar-refractivity contribution is 7.86. The van der Waals surface area contributed by atoms with E-state index in [9.17, 15) is 13.2 Å². The van der Waals surface area contributed by atoms with Crippen molar-refractivity contribution in [2.75, 3.05) is 32.5 Å². The number of halogens is 1. The number of hydrogen-bond acceptors (Lipinski definition) is 4. The molecule has 1 fully saturated rings. The van der Waals surface area contributed by atoms with E-state index in [1.807, 2.05) is 30.3 Å². The molecule has 2 aromatic carbocycles. The third-order valence-corrected chi connectivity index (χ3v) is 6.86. The maximum Gasteiger partial charge on any atom is 0.281 e. The van der Waals surface area contributed by atoms with E-state index in [4.69, 9.17) is 16.3 Å². The molecule has 1 N–H and O–H groups in total. The van der Waals surface area contributed by atoms with E-state index in [2.05, 4.69) is 5.32 Å². The van der Waals surface area contributed by atoms with Crippen molar-refractivity contribution in [3.05, 3.63) is 53.6 Å². The summed E-state index contributed by atoms with van der Waals surface area (Å²) in [6.45, 7) is 0.547. The maximum atomic E-state index is 12.9. The highest BCUT2D eigenvalue weighted by atomic mass is 35.5. The van der Waals surface area contributed by atoms with Crippen LogP contribution in [0, 0.1) is 5.92 Å². The lowest BCUT2D eigenvalue weighted by atomic mass is 9.98. The summed E-state index contributed by atoms with van der Waals surface area (Å²) in [5.41, 5.74) is 0.443. The molecule has 0 aliphatic carbocycles. The fraction of sp³-hybridized carbons (Fsp3) is 0.350. The third-order valence-electron chi connectivity index (χ3n) is 4.71. The van der Waals surface area contributed by atoms with E-state index >= 15 is 0 Å². The quantitative estimate of drug-likeness (QED) is 0.749. The number of para-hydroxylation sites is 1. The summed E-state index contributed by atoms with van der Waals surface area (Å²) in [5, 5.41) is 3.32. The van der Waals surface area contributed by atoms with E-state index in [1.54, 1.807) is 18.2 Å². The van der Waals surface area contributed by atoms with Gasteiger partial charge in [-0.15, -0.1) is 0 Å². The molecule has 3 rings (SSSR count). The van der Waals surface area contributed by atoms with Crippen molar-refractivity contribution < 1.29 is 17.9 Å². The Hall–Kier alpha value is -2.13. The van der Waals surface area contributed by atoms with Gasteiger partial charge in [0.25, 0.3) is 10.2 Å². The van der Waals surface area contributed by atoms with Gasteiger partial charge in [0.15, 0.2) is 5.75 Å². The lowest BCUT2D eigenvalue weighted by Crippen LogP contribution is -2.47. The molecule has 0 bridgehead atoms. The molecule has 1 heterocycles. The molecule has 1 amide bonds. The molecule has 1 atom stereocenters. The molecule has 0 spiro atoms. The molecule has 156 valence electrons. The molecular formula is C20H24ClN3O4S. The smallest absolute Gasteiger partial charge is 0.281 e. The Morgan fingerprint density at radius 2 is 1.93 bits per heavy atom. The van der Waals surface area contributed by atoms with Crippen LogP contribution in [0.5, 0.6) is 11.5 Å². The van der Waals surface area contributed by atoms with Gasteiger partial charge in [0.1, 0.15) is 5.75 Å². The Labute approximate surface area is 176 Å². The second kappa shape index (κ2) is 9.13. The van der Waals surface area contributed by atoms with Crippen molar-refractivity contribution in [2.24, 2.45) is 5.92 Å². The lowest BCUT2D eigenvalue weighted by Gasteiger charge is -2.32. The summed E-state index contributed by atoms with van der Waals surface area (Å²) < 4.78 is 33.2. The number of carbonyl (C=O) groups is 1. The predicted octanol–water partition coefficient (Wildman–Crippen LogP) is 3.59. The molecule has 0 unspecified atom stereocenters. The van der Waals surface area contributed by atoms with E-state index < -0.39 is 16.1 Å². The number of ether oxygens (including phenoxy) is 1. The van der Waals surface area contributed by atoms with Gasteiger partial charge in [0.2, 0.25) is 5.91 Å². The zero-order chi connectivity index (χ0) is 21.0. The summed E-state index contributed by atoms with van der Waals surface area (Å²) in [6, 6.07) is 14.2. The monoisotopic (exact) mass is 437 g/mol. The van der Waals surface area contributed by atoms with Crippen molar-refractivity contribution in [3.63, 3.8) is 0 Å². The van der Waals surface area contributed by atoms with Gasteiger partial charge in [-0.05, 0) is 43.2 Å². The molecule has 1 aliphatic heterocycles. The number of nitrogens with one attached hydrogen (secondary N) is 1. The van der Waals surface area contributed by atoms with Crippen LogP contribution in [0.3, 0.4) is 0 Å². The first-order valence-electron chi connectivity index (χ1n) is 9.28. The molecule has 1 aliphatic rings. The first-order valence-corrected chi connectivity index (χ1v) is 11.1. The van der Waals surface area contributed by atoms with Crippen LogP contribution in [0.1, 0.15) is 12.8 Å². The van der Waals surface area contributed by atoms with Gasteiger partial charge in [-0.25, -0.2) is 0 Å². The molecule has 0 aromatic heterocycles. The van der Waals surface area contributed by atoms with Gasteiger partial charge in [0.05, 0.1) is 11.6 Å². The first kappa shape index (κ1) is 21.6. The SMILES string of the molecule is CN(C)S(=O)(=O)N1CCC[C@@H](C(=O)Nc2cc(Cl)ccc2Oc2ccccc2)C1. The minimum Gasteiger partial charge on any atom is -0.455 e. The van der Waals surface area contributed by atoms with Crippen molar-refractivity contribution in [2.45, 2.75) is 12.8 Å². The Balaban J connectivity index is 1.75. The predicted molar refractivity (Wildman–Crippen MR) is 114 cm³/mol. The van der Waals surface area contributed by atoms with E-state index in [1.165, 1.54) is 18.4 Å². The highest BCUT2D eigenvalue weighted by Crippen LogP contribution is 2.33. The van der Waals surface area contributed by atoms with Gasteiger partial charge in [-0.3, -0.25) is 4.79 Å². The number of anilines is 1. The average Bonchev–Trinajstić information content (AvgIpc) is 2.70. The summed E-state index contributed by atoms with van der Waals surface area (Å²) >= 11 is 6.11. The Morgan fingerprint density at radius 3 is 2.62 bits per heavy atom. The van der Waals surface area contributed by atoms with Gasteiger partial charge in [0, 0.05) is 32.2 Å². The molecule has 0 radical (unpaired) electrons. The van der Waals surface area contributed by atoms with Crippen LogP contribution in [0.2, 0.25) is 5.02 Å². The van der Waals surface area contributed by atoms with Crippen molar-refractivity contribution in [1.82, 2.24) is 8.61 Å². The maximum absolute atomic E-state index is 12.9. The van der Waals surface area contributed by atoms with Crippen molar-refractivity contribution >= 4 is 33.4 Å². The molecule has 0 saturated carbocycles. The number of amides is 1. The fourth-order valence-corrected chi connectivity index (χ4v) is 4.50. The third kappa shape index (κ3) is 5.27. The minimum atomic E-state index is -3.55. The normalized spacial score (nSPS) is 17.9. The minimum absolute atomic E-state index is 0.141. The standard InChI is InChI=1S/C20H24ClN3O4S/c1-23(2)29(26,27)24-12-6-7-15(14-24)20(25)22-18-13-16(21)10-11-19(18)28-17-8-4-3-5-9-17/h3-5,8-11,13,15H,6-7,12,14H2,1-2H3,(H,22,25)/t15-/m1/s1. The van der Waals surface area contributed by atoms with E-state index in [0.29, 0.717) is 41.6 Å². The van der Waals surface area contributed by atoms with Gasteiger partial charge in [-0.1, -0.05) is 29.8 Å². The molecule has 7 nitrogen and oxygen atoms in total. The Kier molecular flexibility index (Phi) is 6.79. The second-order valence-electron chi connectivity index (χ2n) is 7.03. The molecule has 29 heavy (non-hydrogen) atoms. The van der Waals surface area contributed by atoms with Gasteiger partial charge < -0.3 is 10.1 Å². The zero-order valence-electron chi connectivity index (χ0n) is 16.3. The molecule has 2 aromatic rings. The lowest BCUT2D eigenvalue weighted by molar-refractivity contribution is -0.120. The first-order chi connectivity index (χ1) is 13.8.